The van der Waals surface area contributed by atoms with Gasteiger partial charge in [0.2, 0.25) is 11.8 Å². The van der Waals surface area contributed by atoms with E-state index in [9.17, 15) is 19.6 Å². The number of carbonyl (C=O) groups is 3. The van der Waals surface area contributed by atoms with Crippen molar-refractivity contribution in [3.63, 3.8) is 0 Å². The molecular formula is C22H30N4O6. The van der Waals surface area contributed by atoms with Crippen molar-refractivity contribution in [3.05, 3.63) is 43.0 Å². The molecule has 0 bridgehead atoms. The van der Waals surface area contributed by atoms with Gasteiger partial charge in [-0.05, 0) is 18.6 Å². The molecule has 1 aromatic carbocycles. The Bertz CT molecular complexity index is 786. The van der Waals surface area contributed by atoms with Gasteiger partial charge in [0.25, 0.3) is 0 Å². The Morgan fingerprint density at radius 2 is 1.88 bits per heavy atom. The quantitative estimate of drug-likeness (QED) is 0.379. The van der Waals surface area contributed by atoms with Crippen LogP contribution in [-0.2, 0) is 19.1 Å². The van der Waals surface area contributed by atoms with Gasteiger partial charge in [-0.1, -0.05) is 24.3 Å². The van der Waals surface area contributed by atoms with Crippen molar-refractivity contribution in [1.29, 1.82) is 0 Å². The van der Waals surface area contributed by atoms with E-state index in [0.717, 1.165) is 5.69 Å². The SMILES string of the molecule is C=CCO[C@H]1C[C@H](C(=O)NO)[C@@H](C(=O)N2CCN(c3ccccc3)CC2)N(C(=O)OC)C1. The molecule has 2 N–H and O–H groups in total. The molecule has 2 fully saturated rings. The summed E-state index contributed by atoms with van der Waals surface area (Å²) in [6, 6.07) is 8.82. The molecule has 10 nitrogen and oxygen atoms in total. The number of piperidine rings is 1. The third-order valence-corrected chi connectivity index (χ3v) is 5.91. The van der Waals surface area contributed by atoms with E-state index in [2.05, 4.69) is 11.5 Å². The topological polar surface area (TPSA) is 112 Å². The lowest BCUT2D eigenvalue weighted by Crippen LogP contribution is -2.64. The van der Waals surface area contributed by atoms with Crippen molar-refractivity contribution in [2.24, 2.45) is 5.92 Å². The van der Waals surface area contributed by atoms with Crippen LogP contribution in [0.25, 0.3) is 0 Å². The summed E-state index contributed by atoms with van der Waals surface area (Å²) in [7, 11) is 1.22. The van der Waals surface area contributed by atoms with Crippen LogP contribution >= 0.6 is 0 Å². The molecule has 3 amide bonds. The smallest absolute Gasteiger partial charge is 0.410 e. The number of likely N-dealkylation sites (tertiary alicyclic amines) is 1. The molecule has 0 spiro atoms. The van der Waals surface area contributed by atoms with Crippen molar-refractivity contribution in [2.75, 3.05) is 51.3 Å². The lowest BCUT2D eigenvalue weighted by molar-refractivity contribution is -0.152. The number of nitrogens with zero attached hydrogens (tertiary/aromatic N) is 3. The summed E-state index contributed by atoms with van der Waals surface area (Å²) < 4.78 is 10.5. The Morgan fingerprint density at radius 1 is 1.19 bits per heavy atom. The minimum absolute atomic E-state index is 0.0934. The Labute approximate surface area is 187 Å². The summed E-state index contributed by atoms with van der Waals surface area (Å²) in [4.78, 5) is 43.6. The van der Waals surface area contributed by atoms with Crippen LogP contribution in [0, 0.1) is 5.92 Å². The van der Waals surface area contributed by atoms with Crippen LogP contribution in [0.15, 0.2) is 43.0 Å². The number of hydroxylamine groups is 1. The Morgan fingerprint density at radius 3 is 2.47 bits per heavy atom. The number of benzene rings is 1. The number of rotatable bonds is 6. The number of hydrogen-bond acceptors (Lipinski definition) is 7. The fourth-order valence-corrected chi connectivity index (χ4v) is 4.32. The van der Waals surface area contributed by atoms with E-state index in [0.29, 0.717) is 26.2 Å². The number of anilines is 1. The number of nitrogens with one attached hydrogen (secondary N) is 1. The van der Waals surface area contributed by atoms with E-state index in [1.54, 1.807) is 16.5 Å². The molecule has 0 saturated carbocycles. The summed E-state index contributed by atoms with van der Waals surface area (Å²) in [5.41, 5.74) is 2.71. The first kappa shape index (κ1) is 23.6. The molecule has 0 aliphatic carbocycles. The van der Waals surface area contributed by atoms with Gasteiger partial charge in [0.15, 0.2) is 0 Å². The van der Waals surface area contributed by atoms with E-state index in [1.807, 2.05) is 30.3 Å². The maximum atomic E-state index is 13.5. The summed E-state index contributed by atoms with van der Waals surface area (Å²) in [6.45, 7) is 6.08. The molecule has 2 aliphatic rings. The highest BCUT2D eigenvalue weighted by atomic mass is 16.5. The number of para-hydroxylation sites is 1. The van der Waals surface area contributed by atoms with Crippen molar-refractivity contribution >= 4 is 23.6 Å². The van der Waals surface area contributed by atoms with Gasteiger partial charge >= 0.3 is 6.09 Å². The number of piperazine rings is 1. The second kappa shape index (κ2) is 11.0. The summed E-state index contributed by atoms with van der Waals surface area (Å²) in [5.74, 6) is -2.08. The minimum Gasteiger partial charge on any atom is -0.453 e. The van der Waals surface area contributed by atoms with Crippen LogP contribution in [-0.4, -0.2) is 91.5 Å². The van der Waals surface area contributed by atoms with Crippen molar-refractivity contribution in [1.82, 2.24) is 15.3 Å². The average Bonchev–Trinajstić information content (AvgIpc) is 2.86. The number of methoxy groups -OCH3 is 1. The zero-order chi connectivity index (χ0) is 23.1. The lowest BCUT2D eigenvalue weighted by atomic mass is 9.86. The summed E-state index contributed by atoms with van der Waals surface area (Å²) in [6.07, 6.45) is 0.503. The van der Waals surface area contributed by atoms with Crippen LogP contribution in [0.3, 0.4) is 0 Å². The zero-order valence-electron chi connectivity index (χ0n) is 18.2. The second-order valence-electron chi connectivity index (χ2n) is 7.78. The third kappa shape index (κ3) is 5.20. The molecule has 3 atom stereocenters. The number of hydrogen-bond donors (Lipinski definition) is 2. The fourth-order valence-electron chi connectivity index (χ4n) is 4.32. The van der Waals surface area contributed by atoms with Gasteiger partial charge < -0.3 is 19.3 Å². The van der Waals surface area contributed by atoms with Gasteiger partial charge in [-0.15, -0.1) is 6.58 Å². The summed E-state index contributed by atoms with van der Waals surface area (Å²) in [5, 5.41) is 9.28. The van der Waals surface area contributed by atoms with E-state index >= 15 is 0 Å². The average molecular weight is 447 g/mol. The van der Waals surface area contributed by atoms with E-state index < -0.39 is 30.1 Å². The van der Waals surface area contributed by atoms with Crippen LogP contribution in [0.5, 0.6) is 0 Å². The molecule has 2 aliphatic heterocycles. The zero-order valence-corrected chi connectivity index (χ0v) is 18.2. The maximum Gasteiger partial charge on any atom is 0.410 e. The number of amides is 3. The maximum absolute atomic E-state index is 13.5. The van der Waals surface area contributed by atoms with Gasteiger partial charge in [-0.25, -0.2) is 10.3 Å². The van der Waals surface area contributed by atoms with Gasteiger partial charge in [-0.2, -0.15) is 0 Å². The van der Waals surface area contributed by atoms with Gasteiger partial charge in [0, 0.05) is 31.9 Å². The van der Waals surface area contributed by atoms with E-state index in [-0.39, 0.29) is 25.5 Å². The van der Waals surface area contributed by atoms with Crippen LogP contribution in [0.4, 0.5) is 10.5 Å². The molecule has 174 valence electrons. The summed E-state index contributed by atoms with van der Waals surface area (Å²) >= 11 is 0. The third-order valence-electron chi connectivity index (χ3n) is 5.91. The predicted octanol–water partition coefficient (Wildman–Crippen LogP) is 0.869. The first-order chi connectivity index (χ1) is 15.5. The monoisotopic (exact) mass is 446 g/mol. The Balaban J connectivity index is 1.78. The van der Waals surface area contributed by atoms with E-state index in [1.165, 1.54) is 12.0 Å². The molecule has 10 heteroatoms. The molecule has 32 heavy (non-hydrogen) atoms. The lowest BCUT2D eigenvalue weighted by Gasteiger charge is -2.45. The van der Waals surface area contributed by atoms with Gasteiger partial charge in [-0.3, -0.25) is 19.7 Å². The molecule has 0 radical (unpaired) electrons. The molecule has 2 heterocycles. The first-order valence-corrected chi connectivity index (χ1v) is 10.6. The van der Waals surface area contributed by atoms with Gasteiger partial charge in [0.1, 0.15) is 6.04 Å². The molecule has 3 rings (SSSR count). The van der Waals surface area contributed by atoms with Crippen LogP contribution < -0.4 is 10.4 Å². The molecule has 0 unspecified atom stereocenters. The van der Waals surface area contributed by atoms with Crippen molar-refractivity contribution in [2.45, 2.75) is 18.6 Å². The van der Waals surface area contributed by atoms with Crippen molar-refractivity contribution < 1.29 is 29.1 Å². The number of ether oxygens (including phenoxy) is 2. The first-order valence-electron chi connectivity index (χ1n) is 10.6. The standard InChI is InChI=1S/C22H30N4O6/c1-3-13-32-17-14-18(20(27)23-30)19(26(15-17)22(29)31-2)21(28)25-11-9-24(10-12-25)16-7-5-4-6-8-16/h3-8,17-19,30H,1,9-15H2,2H3,(H,23,27)/t17-,18-,19-/m0/s1. The highest BCUT2D eigenvalue weighted by Gasteiger charge is 2.48. The molecular weight excluding hydrogens is 416 g/mol. The molecule has 1 aromatic rings. The predicted molar refractivity (Wildman–Crippen MR) is 116 cm³/mol. The molecule has 2 saturated heterocycles. The van der Waals surface area contributed by atoms with Crippen LogP contribution in [0.1, 0.15) is 6.42 Å². The van der Waals surface area contributed by atoms with E-state index in [4.69, 9.17) is 9.47 Å². The Kier molecular flexibility index (Phi) is 8.07. The highest BCUT2D eigenvalue weighted by molar-refractivity contribution is 5.92. The second-order valence-corrected chi connectivity index (χ2v) is 7.78. The minimum atomic E-state index is -1.10. The van der Waals surface area contributed by atoms with Crippen molar-refractivity contribution in [3.8, 4) is 0 Å². The largest absolute Gasteiger partial charge is 0.453 e. The highest BCUT2D eigenvalue weighted by Crippen LogP contribution is 2.29. The van der Waals surface area contributed by atoms with Crippen LogP contribution in [0.2, 0.25) is 0 Å². The number of carbonyl (C=O) groups excluding carboxylic acids is 3. The normalized spacial score (nSPS) is 23.4. The molecule has 0 aromatic heterocycles. The fraction of sp³-hybridized carbons (Fsp3) is 0.500. The Hall–Kier alpha value is -3.11. The van der Waals surface area contributed by atoms with Gasteiger partial charge in [0.05, 0.1) is 32.3 Å².